The fraction of sp³-hybridized carbons (Fsp3) is 0.333. The first-order valence-corrected chi connectivity index (χ1v) is 5.25. The molecule has 0 saturated heterocycles. The maximum absolute atomic E-state index is 10.4. The van der Waals surface area contributed by atoms with Crippen molar-refractivity contribution < 1.29 is 4.92 Å². The summed E-state index contributed by atoms with van der Waals surface area (Å²) in [5.41, 5.74) is 1.02. The molecule has 1 unspecified atom stereocenters. The van der Waals surface area contributed by atoms with Crippen LogP contribution < -0.4 is 5.32 Å². The van der Waals surface area contributed by atoms with Gasteiger partial charge in [0.25, 0.3) is 5.69 Å². The largest absolute Gasteiger partial charge is 0.383 e. The van der Waals surface area contributed by atoms with Gasteiger partial charge in [-0.15, -0.1) is 6.58 Å². The minimum Gasteiger partial charge on any atom is -0.383 e. The van der Waals surface area contributed by atoms with Crippen LogP contribution in [0.4, 0.5) is 11.4 Å². The van der Waals surface area contributed by atoms with Crippen LogP contribution in [0, 0.1) is 10.1 Å². The van der Waals surface area contributed by atoms with Gasteiger partial charge in [0.1, 0.15) is 0 Å². The number of rotatable bonds is 6. The van der Waals surface area contributed by atoms with Crippen LogP contribution in [-0.4, -0.2) is 11.0 Å². The van der Waals surface area contributed by atoms with E-state index in [0.29, 0.717) is 6.04 Å². The van der Waals surface area contributed by atoms with Crippen LogP contribution in [0.15, 0.2) is 36.9 Å². The Labute approximate surface area is 95.1 Å². The molecule has 1 aromatic rings. The molecule has 0 amide bonds. The molecule has 0 fully saturated rings. The highest BCUT2D eigenvalue weighted by molar-refractivity contribution is 5.48. The SMILES string of the molecule is C=CCCC(C)Nc1ccc([N+](=O)[O-])cc1. The highest BCUT2D eigenvalue weighted by Crippen LogP contribution is 2.16. The number of nitro benzene ring substituents is 1. The summed E-state index contributed by atoms with van der Waals surface area (Å²) in [6.45, 7) is 5.74. The molecule has 0 bridgehead atoms. The summed E-state index contributed by atoms with van der Waals surface area (Å²) >= 11 is 0. The van der Waals surface area contributed by atoms with E-state index < -0.39 is 4.92 Å². The number of non-ortho nitro benzene ring substituents is 1. The van der Waals surface area contributed by atoms with E-state index in [-0.39, 0.29) is 5.69 Å². The van der Waals surface area contributed by atoms with Crippen molar-refractivity contribution in [3.63, 3.8) is 0 Å². The lowest BCUT2D eigenvalue weighted by molar-refractivity contribution is -0.384. The average Bonchev–Trinajstić information content (AvgIpc) is 2.27. The van der Waals surface area contributed by atoms with Crippen LogP contribution in [0.25, 0.3) is 0 Å². The molecular weight excluding hydrogens is 204 g/mol. The summed E-state index contributed by atoms with van der Waals surface area (Å²) in [7, 11) is 0. The van der Waals surface area contributed by atoms with Crippen molar-refractivity contribution in [1.29, 1.82) is 0 Å². The molecule has 1 N–H and O–H groups in total. The van der Waals surface area contributed by atoms with E-state index in [1.807, 2.05) is 6.08 Å². The first-order valence-electron chi connectivity index (χ1n) is 5.25. The summed E-state index contributed by atoms with van der Waals surface area (Å²) in [5.74, 6) is 0. The molecule has 0 aliphatic rings. The van der Waals surface area contributed by atoms with E-state index in [2.05, 4.69) is 18.8 Å². The van der Waals surface area contributed by atoms with Gasteiger partial charge < -0.3 is 5.32 Å². The van der Waals surface area contributed by atoms with E-state index in [4.69, 9.17) is 0 Å². The van der Waals surface area contributed by atoms with Gasteiger partial charge in [-0.1, -0.05) is 6.08 Å². The van der Waals surface area contributed by atoms with Crippen LogP contribution in [0.1, 0.15) is 19.8 Å². The topological polar surface area (TPSA) is 55.2 Å². The third kappa shape index (κ3) is 3.73. The molecule has 1 atom stereocenters. The summed E-state index contributed by atoms with van der Waals surface area (Å²) in [6.07, 6.45) is 3.84. The van der Waals surface area contributed by atoms with Crippen LogP contribution in [0.5, 0.6) is 0 Å². The standard InChI is InChI=1S/C12H16N2O2/c1-3-4-5-10(2)13-11-6-8-12(9-7-11)14(15)16/h3,6-10,13H,1,4-5H2,2H3. The lowest BCUT2D eigenvalue weighted by Gasteiger charge is -2.13. The Morgan fingerprint density at radius 2 is 2.12 bits per heavy atom. The van der Waals surface area contributed by atoms with Crippen LogP contribution in [0.2, 0.25) is 0 Å². The summed E-state index contributed by atoms with van der Waals surface area (Å²) < 4.78 is 0. The fourth-order valence-electron chi connectivity index (χ4n) is 1.40. The molecule has 1 rings (SSSR count). The van der Waals surface area contributed by atoms with Gasteiger partial charge in [-0.2, -0.15) is 0 Å². The average molecular weight is 220 g/mol. The van der Waals surface area contributed by atoms with Crippen molar-refractivity contribution >= 4 is 11.4 Å². The maximum Gasteiger partial charge on any atom is 0.269 e. The van der Waals surface area contributed by atoms with Gasteiger partial charge in [-0.25, -0.2) is 0 Å². The van der Waals surface area contributed by atoms with E-state index in [1.165, 1.54) is 12.1 Å². The lowest BCUT2D eigenvalue weighted by Crippen LogP contribution is -2.14. The molecular formula is C12H16N2O2. The van der Waals surface area contributed by atoms with Gasteiger partial charge in [0.15, 0.2) is 0 Å². The molecule has 4 heteroatoms. The Balaban J connectivity index is 2.54. The minimum absolute atomic E-state index is 0.115. The zero-order valence-electron chi connectivity index (χ0n) is 9.35. The summed E-state index contributed by atoms with van der Waals surface area (Å²) in [6, 6.07) is 6.79. The second-order valence-electron chi connectivity index (χ2n) is 3.72. The Kier molecular flexibility index (Phi) is 4.51. The van der Waals surface area contributed by atoms with Gasteiger partial charge in [-0.3, -0.25) is 10.1 Å². The third-order valence-corrected chi connectivity index (χ3v) is 2.29. The number of hydrogen-bond donors (Lipinski definition) is 1. The molecule has 16 heavy (non-hydrogen) atoms. The number of nitro groups is 1. The predicted molar refractivity (Wildman–Crippen MR) is 65.6 cm³/mol. The Bertz CT molecular complexity index is 360. The van der Waals surface area contributed by atoms with E-state index in [0.717, 1.165) is 18.5 Å². The van der Waals surface area contributed by atoms with Crippen molar-refractivity contribution in [2.75, 3.05) is 5.32 Å². The Morgan fingerprint density at radius 3 is 2.62 bits per heavy atom. The number of allylic oxidation sites excluding steroid dienone is 1. The first-order chi connectivity index (χ1) is 7.63. The molecule has 0 radical (unpaired) electrons. The minimum atomic E-state index is -0.398. The van der Waals surface area contributed by atoms with Crippen LogP contribution in [0.3, 0.4) is 0 Å². The first kappa shape index (κ1) is 12.2. The number of benzene rings is 1. The third-order valence-electron chi connectivity index (χ3n) is 2.29. The number of nitrogens with zero attached hydrogens (tertiary/aromatic N) is 1. The Morgan fingerprint density at radius 1 is 1.50 bits per heavy atom. The van der Waals surface area contributed by atoms with Gasteiger partial charge in [0.2, 0.25) is 0 Å². The molecule has 0 heterocycles. The zero-order chi connectivity index (χ0) is 12.0. The predicted octanol–water partition coefficient (Wildman–Crippen LogP) is 3.36. The second kappa shape index (κ2) is 5.90. The highest BCUT2D eigenvalue weighted by atomic mass is 16.6. The quantitative estimate of drug-likeness (QED) is 0.454. The summed E-state index contributed by atoms with van der Waals surface area (Å²) in [4.78, 5) is 10.1. The molecule has 0 aromatic heterocycles. The van der Waals surface area contributed by atoms with E-state index in [9.17, 15) is 10.1 Å². The van der Waals surface area contributed by atoms with Gasteiger partial charge in [-0.05, 0) is 31.9 Å². The van der Waals surface area contributed by atoms with Crippen molar-refractivity contribution in [2.45, 2.75) is 25.8 Å². The summed E-state index contributed by atoms with van der Waals surface area (Å²) in [5, 5.41) is 13.7. The Hall–Kier alpha value is -1.84. The van der Waals surface area contributed by atoms with Crippen LogP contribution >= 0.6 is 0 Å². The molecule has 4 nitrogen and oxygen atoms in total. The van der Waals surface area contributed by atoms with Crippen molar-refractivity contribution in [1.82, 2.24) is 0 Å². The fourth-order valence-corrected chi connectivity index (χ4v) is 1.40. The molecule has 1 aromatic carbocycles. The number of hydrogen-bond acceptors (Lipinski definition) is 3. The normalized spacial score (nSPS) is 11.8. The second-order valence-corrected chi connectivity index (χ2v) is 3.72. The molecule has 0 aliphatic heterocycles. The number of nitrogens with one attached hydrogen (secondary N) is 1. The monoisotopic (exact) mass is 220 g/mol. The lowest BCUT2D eigenvalue weighted by atomic mass is 10.1. The number of anilines is 1. The smallest absolute Gasteiger partial charge is 0.269 e. The maximum atomic E-state index is 10.4. The van der Waals surface area contributed by atoms with Crippen molar-refractivity contribution in [3.05, 3.63) is 47.0 Å². The van der Waals surface area contributed by atoms with Gasteiger partial charge >= 0.3 is 0 Å². The van der Waals surface area contributed by atoms with Crippen LogP contribution in [-0.2, 0) is 0 Å². The van der Waals surface area contributed by atoms with Gasteiger partial charge in [0, 0.05) is 23.9 Å². The van der Waals surface area contributed by atoms with Crippen molar-refractivity contribution in [3.8, 4) is 0 Å². The molecule has 86 valence electrons. The molecule has 0 saturated carbocycles. The zero-order valence-corrected chi connectivity index (χ0v) is 9.35. The highest BCUT2D eigenvalue weighted by Gasteiger charge is 2.05. The van der Waals surface area contributed by atoms with E-state index in [1.54, 1.807) is 12.1 Å². The van der Waals surface area contributed by atoms with Crippen molar-refractivity contribution in [2.24, 2.45) is 0 Å². The van der Waals surface area contributed by atoms with Gasteiger partial charge in [0.05, 0.1) is 4.92 Å². The molecule has 0 aliphatic carbocycles. The molecule has 0 spiro atoms. The van der Waals surface area contributed by atoms with E-state index >= 15 is 0 Å².